The third-order valence-corrected chi connectivity index (χ3v) is 6.10. The molecule has 0 aromatic carbocycles. The van der Waals surface area contributed by atoms with E-state index in [0.29, 0.717) is 17.3 Å². The van der Waals surface area contributed by atoms with Crippen LogP contribution < -0.4 is 10.5 Å². The highest BCUT2D eigenvalue weighted by atomic mass is 32.2. The largest absolute Gasteiger partial charge is 0.330 e. The lowest BCUT2D eigenvalue weighted by molar-refractivity contribution is 0.293. The van der Waals surface area contributed by atoms with Crippen LogP contribution in [0.2, 0.25) is 0 Å². The summed E-state index contributed by atoms with van der Waals surface area (Å²) >= 11 is 1.30. The van der Waals surface area contributed by atoms with E-state index >= 15 is 0 Å². The Morgan fingerprint density at radius 1 is 1.30 bits per heavy atom. The molecular formula is C13H25N3O2S2. The number of nitrogens with two attached hydrogens (primary N) is 1. The molecule has 1 heterocycles. The number of rotatable bonds is 10. The zero-order chi connectivity index (χ0) is 15.0. The number of nitrogens with one attached hydrogen (secondary N) is 1. The van der Waals surface area contributed by atoms with E-state index in [-0.39, 0.29) is 0 Å². The average molecular weight is 319 g/mol. The van der Waals surface area contributed by atoms with Crippen LogP contribution in [0.15, 0.2) is 16.3 Å². The van der Waals surface area contributed by atoms with Crippen molar-refractivity contribution in [3.05, 3.63) is 17.0 Å². The first kappa shape index (κ1) is 17.6. The molecule has 0 aliphatic rings. The molecule has 5 nitrogen and oxygen atoms in total. The van der Waals surface area contributed by atoms with Crippen molar-refractivity contribution in [2.45, 2.75) is 30.9 Å². The second-order valence-corrected chi connectivity index (χ2v) is 7.75. The third kappa shape index (κ3) is 5.49. The van der Waals surface area contributed by atoms with Crippen LogP contribution in [-0.4, -0.2) is 46.0 Å². The van der Waals surface area contributed by atoms with Gasteiger partial charge in [0.05, 0.1) is 0 Å². The minimum atomic E-state index is -3.38. The second-order valence-electron chi connectivity index (χ2n) is 4.59. The fourth-order valence-corrected chi connectivity index (χ4v) is 4.37. The van der Waals surface area contributed by atoms with E-state index in [1.165, 1.54) is 11.3 Å². The Bertz CT molecular complexity index is 486. The lowest BCUT2D eigenvalue weighted by Gasteiger charge is -2.19. The van der Waals surface area contributed by atoms with Crippen LogP contribution in [0.25, 0.3) is 0 Å². The summed E-state index contributed by atoms with van der Waals surface area (Å²) in [5.41, 5.74) is 5.47. The van der Waals surface area contributed by atoms with Crippen molar-refractivity contribution in [3.63, 3.8) is 0 Å². The Kier molecular flexibility index (Phi) is 7.68. The number of hydrogen-bond acceptors (Lipinski definition) is 5. The summed E-state index contributed by atoms with van der Waals surface area (Å²) < 4.78 is 27.3. The van der Waals surface area contributed by atoms with Gasteiger partial charge in [-0.3, -0.25) is 0 Å². The molecule has 0 atom stereocenters. The van der Waals surface area contributed by atoms with Crippen molar-refractivity contribution < 1.29 is 8.42 Å². The molecule has 116 valence electrons. The van der Waals surface area contributed by atoms with Crippen LogP contribution in [0.3, 0.4) is 0 Å². The molecule has 20 heavy (non-hydrogen) atoms. The van der Waals surface area contributed by atoms with Gasteiger partial charge in [0.1, 0.15) is 4.21 Å². The summed E-state index contributed by atoms with van der Waals surface area (Å²) in [5.74, 6) is 0. The lowest BCUT2D eigenvalue weighted by Crippen LogP contribution is -2.35. The van der Waals surface area contributed by atoms with Crippen LogP contribution in [0.1, 0.15) is 25.1 Å². The molecule has 0 spiro atoms. The van der Waals surface area contributed by atoms with E-state index in [9.17, 15) is 8.42 Å². The van der Waals surface area contributed by atoms with Gasteiger partial charge in [-0.05, 0) is 44.6 Å². The first-order valence-electron chi connectivity index (χ1n) is 7.04. The van der Waals surface area contributed by atoms with Gasteiger partial charge < -0.3 is 10.6 Å². The molecule has 0 unspecified atom stereocenters. The number of likely N-dealkylation sites (N-methyl/N-ethyl adjacent to an activating group) is 1. The van der Waals surface area contributed by atoms with Gasteiger partial charge in [0, 0.05) is 18.0 Å². The summed E-state index contributed by atoms with van der Waals surface area (Å²) in [6.45, 7) is 7.87. The summed E-state index contributed by atoms with van der Waals surface area (Å²) in [6.07, 6.45) is 1.80. The van der Waals surface area contributed by atoms with Gasteiger partial charge in [0.25, 0.3) is 0 Å². The SMILES string of the molecule is CCCN(CC)CCNS(=O)(=O)c1ccc(CCN)s1. The van der Waals surface area contributed by atoms with Crippen LogP contribution >= 0.6 is 11.3 Å². The fraction of sp³-hybridized carbons (Fsp3) is 0.692. The zero-order valence-corrected chi connectivity index (χ0v) is 13.9. The van der Waals surface area contributed by atoms with E-state index in [2.05, 4.69) is 23.5 Å². The summed E-state index contributed by atoms with van der Waals surface area (Å²) in [6, 6.07) is 3.49. The van der Waals surface area contributed by atoms with Crippen LogP contribution in [0.5, 0.6) is 0 Å². The molecule has 1 aromatic heterocycles. The maximum atomic E-state index is 12.1. The highest BCUT2D eigenvalue weighted by Gasteiger charge is 2.16. The normalized spacial score (nSPS) is 12.2. The standard InChI is InChI=1S/C13H25N3O2S2/c1-3-10-16(4-2)11-9-15-20(17,18)13-6-5-12(19-13)7-8-14/h5-6,15H,3-4,7-11,14H2,1-2H3. The van der Waals surface area contributed by atoms with Crippen molar-refractivity contribution in [2.24, 2.45) is 5.73 Å². The molecule has 0 radical (unpaired) electrons. The Balaban J connectivity index is 2.52. The first-order valence-corrected chi connectivity index (χ1v) is 9.34. The predicted octanol–water partition coefficient (Wildman–Crippen LogP) is 1.26. The van der Waals surface area contributed by atoms with Crippen molar-refractivity contribution >= 4 is 21.4 Å². The molecule has 7 heteroatoms. The quantitative estimate of drug-likeness (QED) is 0.681. The van der Waals surface area contributed by atoms with Crippen LogP contribution in [0, 0.1) is 0 Å². The lowest BCUT2D eigenvalue weighted by atomic mass is 10.3. The molecule has 0 fully saturated rings. The van der Waals surface area contributed by atoms with E-state index in [1.807, 2.05) is 6.07 Å². The van der Waals surface area contributed by atoms with Crippen molar-refractivity contribution in [3.8, 4) is 0 Å². The number of thiophene rings is 1. The summed E-state index contributed by atoms with van der Waals surface area (Å²) in [7, 11) is -3.38. The number of hydrogen-bond donors (Lipinski definition) is 2. The summed E-state index contributed by atoms with van der Waals surface area (Å²) in [4.78, 5) is 3.24. The van der Waals surface area contributed by atoms with Crippen molar-refractivity contribution in [1.82, 2.24) is 9.62 Å². The molecule has 0 aliphatic heterocycles. The average Bonchev–Trinajstić information content (AvgIpc) is 2.87. The molecule has 0 saturated carbocycles. The van der Waals surface area contributed by atoms with E-state index in [0.717, 1.165) is 37.4 Å². The molecule has 1 aromatic rings. The Labute approximate surface area is 126 Å². The Morgan fingerprint density at radius 2 is 2.05 bits per heavy atom. The van der Waals surface area contributed by atoms with Gasteiger partial charge in [-0.25, -0.2) is 13.1 Å². The smallest absolute Gasteiger partial charge is 0.250 e. The van der Waals surface area contributed by atoms with Gasteiger partial charge in [-0.15, -0.1) is 11.3 Å². The highest BCUT2D eigenvalue weighted by Crippen LogP contribution is 2.21. The van der Waals surface area contributed by atoms with Crippen molar-refractivity contribution in [2.75, 3.05) is 32.7 Å². The topological polar surface area (TPSA) is 75.4 Å². The highest BCUT2D eigenvalue weighted by molar-refractivity contribution is 7.91. The molecule has 0 bridgehead atoms. The monoisotopic (exact) mass is 319 g/mol. The minimum absolute atomic E-state index is 0.375. The predicted molar refractivity (Wildman–Crippen MR) is 84.7 cm³/mol. The Morgan fingerprint density at radius 3 is 2.65 bits per heavy atom. The van der Waals surface area contributed by atoms with E-state index in [4.69, 9.17) is 5.73 Å². The molecule has 0 saturated heterocycles. The Hall–Kier alpha value is -0.470. The van der Waals surface area contributed by atoms with Crippen LogP contribution in [-0.2, 0) is 16.4 Å². The van der Waals surface area contributed by atoms with E-state index in [1.54, 1.807) is 6.07 Å². The minimum Gasteiger partial charge on any atom is -0.330 e. The van der Waals surface area contributed by atoms with Gasteiger partial charge in [-0.2, -0.15) is 0 Å². The molecule has 1 rings (SSSR count). The maximum absolute atomic E-state index is 12.1. The third-order valence-electron chi connectivity index (χ3n) is 3.00. The zero-order valence-electron chi connectivity index (χ0n) is 12.3. The van der Waals surface area contributed by atoms with Crippen LogP contribution in [0.4, 0.5) is 0 Å². The van der Waals surface area contributed by atoms with Gasteiger partial charge in [0.15, 0.2) is 0 Å². The first-order chi connectivity index (χ1) is 9.53. The number of sulfonamides is 1. The van der Waals surface area contributed by atoms with Gasteiger partial charge in [-0.1, -0.05) is 13.8 Å². The van der Waals surface area contributed by atoms with Gasteiger partial charge in [0.2, 0.25) is 10.0 Å². The fourth-order valence-electron chi connectivity index (χ4n) is 1.93. The van der Waals surface area contributed by atoms with E-state index < -0.39 is 10.0 Å². The molecule has 0 aliphatic carbocycles. The van der Waals surface area contributed by atoms with Gasteiger partial charge >= 0.3 is 0 Å². The second kappa shape index (κ2) is 8.74. The van der Waals surface area contributed by atoms with Crippen molar-refractivity contribution in [1.29, 1.82) is 0 Å². The maximum Gasteiger partial charge on any atom is 0.250 e. The molecule has 0 amide bonds. The number of nitrogens with zero attached hydrogens (tertiary/aromatic N) is 1. The molecule has 3 N–H and O–H groups in total. The summed E-state index contributed by atoms with van der Waals surface area (Å²) in [5, 5.41) is 0. The molecular weight excluding hydrogens is 294 g/mol.